The Morgan fingerprint density at radius 2 is 2.09 bits per heavy atom. The standard InChI is InChI=1S/C19H26N2O2/c22-18(13-16-12-14-4-5-15(16)11-14)21-9-6-19(23,7-10-21)17-3-1-2-8-20-17/h1-3,8,14-16,23H,4-7,9-13H2. The number of rotatable bonds is 3. The van der Waals surface area contributed by atoms with E-state index in [1.807, 2.05) is 23.1 Å². The third kappa shape index (κ3) is 2.89. The van der Waals surface area contributed by atoms with Gasteiger partial charge in [-0.2, -0.15) is 0 Å². The van der Waals surface area contributed by atoms with E-state index >= 15 is 0 Å². The van der Waals surface area contributed by atoms with Gasteiger partial charge in [-0.25, -0.2) is 0 Å². The van der Waals surface area contributed by atoms with Crippen molar-refractivity contribution in [3.8, 4) is 0 Å². The van der Waals surface area contributed by atoms with Crippen LogP contribution in [0, 0.1) is 17.8 Å². The number of likely N-dealkylation sites (tertiary alicyclic amines) is 1. The predicted octanol–water partition coefficient (Wildman–Crippen LogP) is 2.72. The molecule has 3 fully saturated rings. The number of hydrogen-bond donors (Lipinski definition) is 1. The molecule has 2 saturated carbocycles. The van der Waals surface area contributed by atoms with Crippen LogP contribution >= 0.6 is 0 Å². The van der Waals surface area contributed by atoms with Crippen molar-refractivity contribution >= 4 is 5.91 Å². The highest BCUT2D eigenvalue weighted by molar-refractivity contribution is 5.76. The summed E-state index contributed by atoms with van der Waals surface area (Å²) in [5.41, 5.74) is -0.134. The second-order valence-electron chi connectivity index (χ2n) is 7.77. The Balaban J connectivity index is 1.33. The highest BCUT2D eigenvalue weighted by Gasteiger charge is 2.42. The van der Waals surface area contributed by atoms with E-state index in [1.165, 1.54) is 25.7 Å². The van der Waals surface area contributed by atoms with Crippen molar-refractivity contribution in [3.05, 3.63) is 30.1 Å². The molecule has 124 valence electrons. The highest BCUT2D eigenvalue weighted by Crippen LogP contribution is 2.49. The Hall–Kier alpha value is -1.42. The van der Waals surface area contributed by atoms with Crippen molar-refractivity contribution in [2.75, 3.05) is 13.1 Å². The van der Waals surface area contributed by atoms with Gasteiger partial charge in [0.2, 0.25) is 5.91 Å². The smallest absolute Gasteiger partial charge is 0.222 e. The first-order chi connectivity index (χ1) is 11.1. The van der Waals surface area contributed by atoms with E-state index in [2.05, 4.69) is 4.98 Å². The fourth-order valence-corrected chi connectivity index (χ4v) is 5.00. The van der Waals surface area contributed by atoms with Crippen LogP contribution in [0.5, 0.6) is 0 Å². The number of fused-ring (bicyclic) bond motifs is 2. The molecule has 0 radical (unpaired) electrons. The van der Waals surface area contributed by atoms with Crippen molar-refractivity contribution in [2.24, 2.45) is 17.8 Å². The molecule has 4 nitrogen and oxygen atoms in total. The summed E-state index contributed by atoms with van der Waals surface area (Å²) in [5.74, 6) is 2.62. The molecule has 3 atom stereocenters. The van der Waals surface area contributed by atoms with E-state index in [4.69, 9.17) is 0 Å². The van der Waals surface area contributed by atoms with Crippen molar-refractivity contribution in [3.63, 3.8) is 0 Å². The van der Waals surface area contributed by atoms with Crippen LogP contribution < -0.4 is 0 Å². The molecular formula is C19H26N2O2. The zero-order valence-corrected chi connectivity index (χ0v) is 13.7. The second-order valence-corrected chi connectivity index (χ2v) is 7.77. The average molecular weight is 314 g/mol. The summed E-state index contributed by atoms with van der Waals surface area (Å²) >= 11 is 0. The molecule has 1 N–H and O–H groups in total. The van der Waals surface area contributed by atoms with Gasteiger partial charge in [-0.05, 0) is 62.0 Å². The van der Waals surface area contributed by atoms with Gasteiger partial charge in [0.1, 0.15) is 5.60 Å². The molecule has 1 saturated heterocycles. The van der Waals surface area contributed by atoms with E-state index < -0.39 is 5.60 Å². The average Bonchev–Trinajstić information content (AvgIpc) is 3.19. The zero-order valence-electron chi connectivity index (χ0n) is 13.7. The number of hydrogen-bond acceptors (Lipinski definition) is 3. The minimum atomic E-state index is -0.871. The fraction of sp³-hybridized carbons (Fsp3) is 0.684. The lowest BCUT2D eigenvalue weighted by Crippen LogP contribution is -2.46. The molecule has 2 heterocycles. The molecule has 2 aliphatic carbocycles. The van der Waals surface area contributed by atoms with E-state index in [9.17, 15) is 9.90 Å². The van der Waals surface area contributed by atoms with E-state index in [1.54, 1.807) is 6.20 Å². The number of carbonyl (C=O) groups excluding carboxylic acids is 1. The second kappa shape index (κ2) is 5.90. The van der Waals surface area contributed by atoms with Crippen LogP contribution in [-0.4, -0.2) is 34.0 Å². The summed E-state index contributed by atoms with van der Waals surface area (Å²) in [6.45, 7) is 1.29. The maximum atomic E-state index is 12.6. The molecule has 3 aliphatic rings. The van der Waals surface area contributed by atoms with Gasteiger partial charge in [-0.3, -0.25) is 9.78 Å². The van der Waals surface area contributed by atoms with Crippen molar-refractivity contribution in [1.82, 2.24) is 9.88 Å². The lowest BCUT2D eigenvalue weighted by molar-refractivity contribution is -0.137. The molecular weight excluding hydrogens is 288 g/mol. The monoisotopic (exact) mass is 314 g/mol. The van der Waals surface area contributed by atoms with Crippen molar-refractivity contribution < 1.29 is 9.90 Å². The van der Waals surface area contributed by atoms with Crippen molar-refractivity contribution in [1.29, 1.82) is 0 Å². The topological polar surface area (TPSA) is 53.4 Å². The van der Waals surface area contributed by atoms with Gasteiger partial charge >= 0.3 is 0 Å². The molecule has 4 rings (SSSR count). The van der Waals surface area contributed by atoms with Crippen LogP contribution in [0.2, 0.25) is 0 Å². The van der Waals surface area contributed by atoms with Crippen LogP contribution in [0.25, 0.3) is 0 Å². The lowest BCUT2D eigenvalue weighted by Gasteiger charge is -2.38. The first-order valence-corrected chi connectivity index (χ1v) is 9.06. The lowest BCUT2D eigenvalue weighted by atomic mass is 9.85. The minimum absolute atomic E-state index is 0.297. The van der Waals surface area contributed by atoms with Crippen LogP contribution in [0.1, 0.15) is 50.6 Å². The molecule has 23 heavy (non-hydrogen) atoms. The van der Waals surface area contributed by atoms with Crippen LogP contribution in [0.3, 0.4) is 0 Å². The number of carbonyl (C=O) groups is 1. The zero-order chi connectivity index (χ0) is 15.9. The number of amides is 1. The Kier molecular flexibility index (Phi) is 3.88. The molecule has 0 spiro atoms. The van der Waals surface area contributed by atoms with Crippen LogP contribution in [0.15, 0.2) is 24.4 Å². The van der Waals surface area contributed by atoms with E-state index in [0.717, 1.165) is 24.0 Å². The molecule has 1 aromatic rings. The normalized spacial score (nSPS) is 32.2. The quantitative estimate of drug-likeness (QED) is 0.933. The molecule has 0 aromatic carbocycles. The number of aliphatic hydroxyl groups is 1. The van der Waals surface area contributed by atoms with Gasteiger partial charge in [0.25, 0.3) is 0 Å². The fourth-order valence-electron chi connectivity index (χ4n) is 5.00. The van der Waals surface area contributed by atoms with Crippen molar-refractivity contribution in [2.45, 2.75) is 50.5 Å². The van der Waals surface area contributed by atoms with Gasteiger partial charge in [-0.15, -0.1) is 0 Å². The van der Waals surface area contributed by atoms with Gasteiger partial charge in [0, 0.05) is 25.7 Å². The number of nitrogens with zero attached hydrogens (tertiary/aromatic N) is 2. The van der Waals surface area contributed by atoms with Gasteiger partial charge < -0.3 is 10.0 Å². The highest BCUT2D eigenvalue weighted by atomic mass is 16.3. The maximum absolute atomic E-state index is 12.6. The molecule has 3 unspecified atom stereocenters. The van der Waals surface area contributed by atoms with Gasteiger partial charge in [0.05, 0.1) is 5.69 Å². The minimum Gasteiger partial charge on any atom is -0.383 e. The van der Waals surface area contributed by atoms with Gasteiger partial charge in [-0.1, -0.05) is 12.5 Å². The van der Waals surface area contributed by atoms with Crippen LogP contribution in [0.4, 0.5) is 0 Å². The first kappa shape index (κ1) is 15.1. The number of aromatic nitrogens is 1. The molecule has 1 aliphatic heterocycles. The Morgan fingerprint density at radius 3 is 2.70 bits per heavy atom. The Morgan fingerprint density at radius 1 is 1.26 bits per heavy atom. The summed E-state index contributed by atoms with van der Waals surface area (Å²) in [5, 5.41) is 10.8. The summed E-state index contributed by atoms with van der Waals surface area (Å²) < 4.78 is 0. The van der Waals surface area contributed by atoms with E-state index in [-0.39, 0.29) is 0 Å². The van der Waals surface area contributed by atoms with E-state index in [0.29, 0.717) is 37.8 Å². The Bertz CT molecular complexity index is 566. The summed E-state index contributed by atoms with van der Waals surface area (Å²) in [4.78, 5) is 18.9. The number of piperidine rings is 1. The Labute approximate surface area is 137 Å². The summed E-state index contributed by atoms with van der Waals surface area (Å²) in [7, 11) is 0. The predicted molar refractivity (Wildman–Crippen MR) is 87.5 cm³/mol. The SMILES string of the molecule is O=C(CC1CC2CCC1C2)N1CCC(O)(c2ccccn2)CC1. The molecule has 1 aromatic heterocycles. The molecule has 4 heteroatoms. The number of pyridine rings is 1. The molecule has 2 bridgehead atoms. The first-order valence-electron chi connectivity index (χ1n) is 9.06. The van der Waals surface area contributed by atoms with Crippen LogP contribution in [-0.2, 0) is 10.4 Å². The summed E-state index contributed by atoms with van der Waals surface area (Å²) in [6.07, 6.45) is 8.97. The maximum Gasteiger partial charge on any atom is 0.222 e. The third-order valence-corrected chi connectivity index (χ3v) is 6.41. The third-order valence-electron chi connectivity index (χ3n) is 6.41. The molecule has 1 amide bonds. The van der Waals surface area contributed by atoms with Gasteiger partial charge in [0.15, 0.2) is 0 Å². The largest absolute Gasteiger partial charge is 0.383 e. The summed E-state index contributed by atoms with van der Waals surface area (Å²) in [6, 6.07) is 5.65.